The van der Waals surface area contributed by atoms with Gasteiger partial charge in [0, 0.05) is 12.8 Å². The fraction of sp³-hybridized carbons (Fsp3) is 0.689. The van der Waals surface area contributed by atoms with Gasteiger partial charge >= 0.3 is 17.9 Å². The Balaban J connectivity index is 4.16. The first-order valence-electron chi connectivity index (χ1n) is 33.7. The molecule has 0 saturated heterocycles. The molecule has 0 radical (unpaired) electrons. The molecule has 0 aliphatic carbocycles. The van der Waals surface area contributed by atoms with Crippen molar-refractivity contribution >= 4 is 17.9 Å². The molecule has 9 nitrogen and oxygen atoms in total. The molecule has 0 aromatic carbocycles. The van der Waals surface area contributed by atoms with Crippen LogP contribution in [0.15, 0.2) is 122 Å². The molecule has 0 heterocycles. The second kappa shape index (κ2) is 63.7. The van der Waals surface area contributed by atoms with Crippen molar-refractivity contribution in [2.75, 3.05) is 47.5 Å². The molecule has 9 heteroatoms. The molecular formula is C74H126NO8+. The van der Waals surface area contributed by atoms with Gasteiger partial charge in [0.05, 0.1) is 34.4 Å². The van der Waals surface area contributed by atoms with E-state index in [2.05, 4.69) is 135 Å². The Bertz CT molecular complexity index is 1780. The van der Waals surface area contributed by atoms with Crippen molar-refractivity contribution in [1.82, 2.24) is 0 Å². The zero-order chi connectivity index (χ0) is 60.5. The van der Waals surface area contributed by atoms with E-state index in [1.54, 1.807) is 0 Å². The number of ether oxygens (including phenoxy) is 4. The highest BCUT2D eigenvalue weighted by atomic mass is 16.7. The molecule has 1 N–H and O–H groups in total. The normalized spacial score (nSPS) is 13.5. The number of carbonyl (C=O) groups excluding carboxylic acids is 2. The number of nitrogens with zero attached hydrogens (tertiary/aromatic N) is 1. The number of carbonyl (C=O) groups is 3. The number of aliphatic carboxylic acids is 1. The SMILES string of the molecule is CC/C=C\C/C=C\C/C=C\C/C=C\C/C=C\CCCCCCCCCCCCCCCC(=O)OCC(COC(OCC[N+](C)(C)C)C(=O)O)OC(=O)CCCCCCCCCCCCCCC/C=C\C/C=C\C/C=C\C/C=C\C/C=C\CC. The highest BCUT2D eigenvalue weighted by Crippen LogP contribution is 2.17. The average molecular weight is 1160 g/mol. The van der Waals surface area contributed by atoms with E-state index in [0.29, 0.717) is 23.9 Å². The number of rotatable bonds is 61. The van der Waals surface area contributed by atoms with E-state index in [-0.39, 0.29) is 32.2 Å². The van der Waals surface area contributed by atoms with E-state index >= 15 is 0 Å². The van der Waals surface area contributed by atoms with E-state index in [1.807, 2.05) is 21.1 Å². The Kier molecular flexibility index (Phi) is 60.4. The molecule has 2 unspecified atom stereocenters. The number of quaternary nitrogens is 1. The van der Waals surface area contributed by atoms with Crippen LogP contribution in [0.25, 0.3) is 0 Å². The number of hydrogen-bond acceptors (Lipinski definition) is 7. The summed E-state index contributed by atoms with van der Waals surface area (Å²) < 4.78 is 23.0. The number of carboxylic acid groups (broad SMARTS) is 1. The van der Waals surface area contributed by atoms with Crippen molar-refractivity contribution < 1.29 is 42.9 Å². The van der Waals surface area contributed by atoms with Crippen LogP contribution < -0.4 is 0 Å². The third kappa shape index (κ3) is 65.1. The van der Waals surface area contributed by atoms with Crippen LogP contribution in [0.5, 0.6) is 0 Å². The summed E-state index contributed by atoms with van der Waals surface area (Å²) in [6.07, 6.45) is 87.2. The molecule has 474 valence electrons. The second-order valence-corrected chi connectivity index (χ2v) is 23.4. The van der Waals surface area contributed by atoms with Gasteiger partial charge in [-0.3, -0.25) is 9.59 Å². The first kappa shape index (κ1) is 78.7. The number of allylic oxidation sites excluding steroid dienone is 20. The first-order valence-corrected chi connectivity index (χ1v) is 33.7. The van der Waals surface area contributed by atoms with Gasteiger partial charge in [0.15, 0.2) is 6.10 Å². The fourth-order valence-corrected chi connectivity index (χ4v) is 9.13. The molecule has 0 spiro atoms. The van der Waals surface area contributed by atoms with E-state index in [1.165, 1.54) is 135 Å². The molecular weight excluding hydrogens is 1030 g/mol. The van der Waals surface area contributed by atoms with Gasteiger partial charge in [-0.15, -0.1) is 0 Å². The van der Waals surface area contributed by atoms with Crippen molar-refractivity contribution in [1.29, 1.82) is 0 Å². The lowest BCUT2D eigenvalue weighted by Crippen LogP contribution is -2.40. The van der Waals surface area contributed by atoms with Gasteiger partial charge < -0.3 is 28.5 Å². The minimum absolute atomic E-state index is 0.183. The lowest BCUT2D eigenvalue weighted by molar-refractivity contribution is -0.870. The molecule has 0 aliphatic rings. The average Bonchev–Trinajstić information content (AvgIpc) is 3.47. The third-order valence-corrected chi connectivity index (χ3v) is 14.2. The lowest BCUT2D eigenvalue weighted by Gasteiger charge is -2.25. The summed E-state index contributed by atoms with van der Waals surface area (Å²) in [4.78, 5) is 37.6. The highest BCUT2D eigenvalue weighted by Gasteiger charge is 2.25. The van der Waals surface area contributed by atoms with Crippen LogP contribution in [0.2, 0.25) is 0 Å². The Morgan fingerprint density at radius 3 is 0.964 bits per heavy atom. The summed E-state index contributed by atoms with van der Waals surface area (Å²) in [6.45, 7) is 4.66. The lowest BCUT2D eigenvalue weighted by atomic mass is 10.0. The predicted molar refractivity (Wildman–Crippen MR) is 354 cm³/mol. The summed E-state index contributed by atoms with van der Waals surface area (Å²) in [5.74, 6) is -2.01. The predicted octanol–water partition coefficient (Wildman–Crippen LogP) is 20.8. The first-order chi connectivity index (χ1) is 40.6. The van der Waals surface area contributed by atoms with Gasteiger partial charge in [-0.1, -0.05) is 277 Å². The monoisotopic (exact) mass is 1160 g/mol. The topological polar surface area (TPSA) is 108 Å². The van der Waals surface area contributed by atoms with Gasteiger partial charge in [0.2, 0.25) is 0 Å². The van der Waals surface area contributed by atoms with Crippen molar-refractivity contribution in [2.24, 2.45) is 0 Å². The van der Waals surface area contributed by atoms with Crippen LogP contribution >= 0.6 is 0 Å². The van der Waals surface area contributed by atoms with Gasteiger partial charge in [0.1, 0.15) is 13.2 Å². The molecule has 0 rings (SSSR count). The number of carboxylic acids is 1. The van der Waals surface area contributed by atoms with E-state index in [0.717, 1.165) is 103 Å². The van der Waals surface area contributed by atoms with Crippen molar-refractivity contribution in [3.05, 3.63) is 122 Å². The molecule has 0 amide bonds. The third-order valence-electron chi connectivity index (χ3n) is 14.2. The van der Waals surface area contributed by atoms with Crippen LogP contribution in [-0.4, -0.2) is 87.4 Å². The molecule has 0 saturated carbocycles. The minimum Gasteiger partial charge on any atom is -0.477 e. The van der Waals surface area contributed by atoms with Gasteiger partial charge in [0.25, 0.3) is 6.29 Å². The highest BCUT2D eigenvalue weighted by molar-refractivity contribution is 5.71. The van der Waals surface area contributed by atoms with Crippen LogP contribution in [0.4, 0.5) is 0 Å². The Morgan fingerprint density at radius 2 is 0.651 bits per heavy atom. The van der Waals surface area contributed by atoms with E-state index < -0.39 is 24.3 Å². The van der Waals surface area contributed by atoms with Crippen LogP contribution in [0, 0.1) is 0 Å². The van der Waals surface area contributed by atoms with Crippen molar-refractivity contribution in [3.8, 4) is 0 Å². The largest absolute Gasteiger partial charge is 0.477 e. The molecule has 0 fully saturated rings. The Labute approximate surface area is 510 Å². The molecule has 0 aromatic heterocycles. The number of hydrogen-bond donors (Lipinski definition) is 1. The smallest absolute Gasteiger partial charge is 0.361 e. The summed E-state index contributed by atoms with van der Waals surface area (Å²) in [5, 5.41) is 9.74. The van der Waals surface area contributed by atoms with Crippen LogP contribution in [-0.2, 0) is 33.3 Å². The molecule has 0 bridgehead atoms. The summed E-state index contributed by atoms with van der Waals surface area (Å²) in [7, 11) is 5.97. The molecule has 0 aromatic rings. The Morgan fingerprint density at radius 1 is 0.361 bits per heavy atom. The summed E-state index contributed by atoms with van der Waals surface area (Å²) in [6, 6.07) is 0. The van der Waals surface area contributed by atoms with Gasteiger partial charge in [-0.25, -0.2) is 4.79 Å². The summed E-state index contributed by atoms with van der Waals surface area (Å²) >= 11 is 0. The molecule has 2 atom stereocenters. The van der Waals surface area contributed by atoms with Gasteiger partial charge in [-0.2, -0.15) is 0 Å². The maximum atomic E-state index is 12.9. The van der Waals surface area contributed by atoms with Crippen molar-refractivity contribution in [3.63, 3.8) is 0 Å². The zero-order valence-electron chi connectivity index (χ0n) is 54.1. The van der Waals surface area contributed by atoms with Crippen LogP contribution in [0.3, 0.4) is 0 Å². The number of likely N-dealkylation sites (N-methyl/N-ethyl adjacent to an activating group) is 1. The number of unbranched alkanes of at least 4 members (excludes halogenated alkanes) is 26. The maximum absolute atomic E-state index is 12.9. The van der Waals surface area contributed by atoms with E-state index in [9.17, 15) is 19.5 Å². The quantitative estimate of drug-likeness (QED) is 0.0211. The van der Waals surface area contributed by atoms with Crippen molar-refractivity contribution in [2.45, 2.75) is 283 Å². The minimum atomic E-state index is -1.52. The molecule has 83 heavy (non-hydrogen) atoms. The zero-order valence-corrected chi connectivity index (χ0v) is 54.1. The molecule has 0 aliphatic heterocycles. The van der Waals surface area contributed by atoms with Crippen LogP contribution in [0.1, 0.15) is 271 Å². The standard InChI is InChI=1S/C74H125NO8/c1-6-8-10-12-14-16-18-20-22-24-26-28-30-32-34-36-38-40-42-44-46-48-50-52-54-56-58-60-62-64-71(76)81-68-70(69-82-74(73(78)79)80-67-66-75(3,4)5)83-72(77)65-63-61-59-57-55-53-51-49-47-45-43-41-39-37-35-33-31-29-27-25-23-21-19-17-15-13-11-9-7-2/h8-11,14-17,20-23,26-29,32-35,70,74H,6-7,12-13,18-19,24-25,30-31,36-69H2,1-5H3/p+1/b10-8-,11-9-,16-14-,17-15-,22-20-,23-21-,28-26-,29-27-,34-32-,35-33-. The maximum Gasteiger partial charge on any atom is 0.361 e. The van der Waals surface area contributed by atoms with E-state index in [4.69, 9.17) is 18.9 Å². The number of esters is 2. The van der Waals surface area contributed by atoms with Gasteiger partial charge in [-0.05, 0) is 103 Å². The fourth-order valence-electron chi connectivity index (χ4n) is 9.13. The second-order valence-electron chi connectivity index (χ2n) is 23.4. The Hall–Kier alpha value is -4.31. The summed E-state index contributed by atoms with van der Waals surface area (Å²) in [5.41, 5.74) is 0.